The molecule has 3 aromatic rings. The third-order valence-electron chi connectivity index (χ3n) is 4.31. The van der Waals surface area contributed by atoms with Gasteiger partial charge in [0.1, 0.15) is 0 Å². The zero-order chi connectivity index (χ0) is 15.6. The molecule has 124 valence electrons. The van der Waals surface area contributed by atoms with Gasteiger partial charge >= 0.3 is 0 Å². The Bertz CT molecular complexity index is 883. The molecule has 1 aliphatic rings. The van der Waals surface area contributed by atoms with Gasteiger partial charge in [-0.05, 0) is 24.1 Å². The normalized spacial score (nSPS) is 13.5. The van der Waals surface area contributed by atoms with Gasteiger partial charge in [0.05, 0.1) is 18.1 Å². The maximum Gasteiger partial charge on any atom is 0.0967 e. The monoisotopic (exact) mass is 359 g/mol. The summed E-state index contributed by atoms with van der Waals surface area (Å²) in [5.41, 5.74) is 4.64. The number of fused-ring (bicyclic) bond motifs is 1. The standard InChI is InChI=1S/C19H18ClN3.ClH/c20-16-7-3-1-6-15(16)19-14(9-10-18-21-11-12-22-18)13-5-2-4-8-17(13)23-19;/h1-8,23H,9-12H2,(H,21,22);1H. The first-order valence-corrected chi connectivity index (χ1v) is 8.32. The van der Waals surface area contributed by atoms with Crippen molar-refractivity contribution in [1.29, 1.82) is 0 Å². The average Bonchev–Trinajstić information content (AvgIpc) is 3.21. The van der Waals surface area contributed by atoms with Crippen LogP contribution in [0.1, 0.15) is 12.0 Å². The van der Waals surface area contributed by atoms with Gasteiger partial charge in [0.15, 0.2) is 0 Å². The van der Waals surface area contributed by atoms with Crippen molar-refractivity contribution < 1.29 is 0 Å². The molecular formula is C19H19Cl2N3. The number of aromatic nitrogens is 1. The van der Waals surface area contributed by atoms with E-state index in [1.165, 1.54) is 10.9 Å². The molecule has 0 saturated heterocycles. The minimum Gasteiger partial charge on any atom is -0.372 e. The van der Waals surface area contributed by atoms with Gasteiger partial charge in [-0.2, -0.15) is 0 Å². The zero-order valence-corrected chi connectivity index (χ0v) is 14.8. The Hall–Kier alpha value is -1.97. The fraction of sp³-hybridized carbons (Fsp3) is 0.211. The van der Waals surface area contributed by atoms with Crippen LogP contribution >= 0.6 is 24.0 Å². The van der Waals surface area contributed by atoms with Crippen LogP contribution in [-0.2, 0) is 6.42 Å². The Kier molecular flexibility index (Phi) is 5.12. The first-order chi connectivity index (χ1) is 11.3. The summed E-state index contributed by atoms with van der Waals surface area (Å²) in [4.78, 5) is 8.06. The van der Waals surface area contributed by atoms with E-state index in [4.69, 9.17) is 11.6 Å². The van der Waals surface area contributed by atoms with Gasteiger partial charge in [-0.3, -0.25) is 4.99 Å². The molecule has 1 aromatic heterocycles. The van der Waals surface area contributed by atoms with Gasteiger partial charge in [0.25, 0.3) is 0 Å². The molecule has 0 radical (unpaired) electrons. The fourth-order valence-corrected chi connectivity index (χ4v) is 3.44. The SMILES string of the molecule is Cl.Clc1ccccc1-c1[nH]c2ccccc2c1CCC1=NCCN1. The highest BCUT2D eigenvalue weighted by atomic mass is 35.5. The van der Waals surface area contributed by atoms with Crippen LogP contribution in [0.3, 0.4) is 0 Å². The van der Waals surface area contributed by atoms with Crippen LogP contribution in [0.2, 0.25) is 5.02 Å². The number of hydrogen-bond acceptors (Lipinski definition) is 2. The van der Waals surface area contributed by atoms with Crippen molar-refractivity contribution >= 4 is 40.7 Å². The third-order valence-corrected chi connectivity index (χ3v) is 4.64. The number of halogens is 2. The molecule has 0 aliphatic carbocycles. The molecule has 2 N–H and O–H groups in total. The summed E-state index contributed by atoms with van der Waals surface area (Å²) in [6.07, 6.45) is 1.87. The maximum atomic E-state index is 6.43. The lowest BCUT2D eigenvalue weighted by molar-refractivity contribution is 0.936. The van der Waals surface area contributed by atoms with Gasteiger partial charge in [-0.15, -0.1) is 12.4 Å². The fourth-order valence-electron chi connectivity index (χ4n) is 3.21. The molecule has 24 heavy (non-hydrogen) atoms. The highest BCUT2D eigenvalue weighted by Gasteiger charge is 2.16. The van der Waals surface area contributed by atoms with Gasteiger partial charge in [-0.25, -0.2) is 0 Å². The highest BCUT2D eigenvalue weighted by Crippen LogP contribution is 2.35. The first-order valence-electron chi connectivity index (χ1n) is 7.94. The maximum absolute atomic E-state index is 6.43. The summed E-state index contributed by atoms with van der Waals surface area (Å²) in [6.45, 7) is 1.85. The van der Waals surface area contributed by atoms with Gasteiger partial charge < -0.3 is 10.3 Å². The summed E-state index contributed by atoms with van der Waals surface area (Å²) in [6, 6.07) is 16.4. The molecule has 4 rings (SSSR count). The molecule has 1 aliphatic heterocycles. The number of nitrogens with one attached hydrogen (secondary N) is 2. The highest BCUT2D eigenvalue weighted by molar-refractivity contribution is 6.33. The van der Waals surface area contributed by atoms with Crippen LogP contribution in [0.15, 0.2) is 53.5 Å². The summed E-state index contributed by atoms with van der Waals surface area (Å²) >= 11 is 6.43. The summed E-state index contributed by atoms with van der Waals surface area (Å²) < 4.78 is 0. The molecule has 0 amide bonds. The largest absolute Gasteiger partial charge is 0.372 e. The van der Waals surface area contributed by atoms with Crippen LogP contribution in [0.25, 0.3) is 22.2 Å². The number of aryl methyl sites for hydroxylation is 1. The van der Waals surface area contributed by atoms with E-state index in [1.807, 2.05) is 18.2 Å². The molecule has 0 atom stereocenters. The molecule has 0 fully saturated rings. The number of aromatic amines is 1. The molecule has 0 bridgehead atoms. The summed E-state index contributed by atoms with van der Waals surface area (Å²) in [5.74, 6) is 1.11. The van der Waals surface area contributed by atoms with E-state index in [0.717, 1.165) is 53.6 Å². The number of H-pyrrole nitrogens is 1. The lowest BCUT2D eigenvalue weighted by Gasteiger charge is -2.07. The Balaban J connectivity index is 0.00000169. The summed E-state index contributed by atoms with van der Waals surface area (Å²) in [5, 5.41) is 5.39. The second-order valence-electron chi connectivity index (χ2n) is 5.76. The molecule has 2 aromatic carbocycles. The Morgan fingerprint density at radius 1 is 1.00 bits per heavy atom. The van der Waals surface area contributed by atoms with Gasteiger partial charge in [0.2, 0.25) is 0 Å². The first kappa shape index (κ1) is 16.9. The van der Waals surface area contributed by atoms with Crippen LogP contribution in [0.4, 0.5) is 0 Å². The van der Waals surface area contributed by atoms with E-state index in [0.29, 0.717) is 0 Å². The Morgan fingerprint density at radius 2 is 1.79 bits per heavy atom. The van der Waals surface area contributed by atoms with E-state index in [9.17, 15) is 0 Å². The van der Waals surface area contributed by atoms with Crippen molar-refractivity contribution in [3.63, 3.8) is 0 Å². The van der Waals surface area contributed by atoms with Crippen LogP contribution in [0.5, 0.6) is 0 Å². The molecular weight excluding hydrogens is 341 g/mol. The van der Waals surface area contributed by atoms with Gasteiger partial charge in [0, 0.05) is 34.5 Å². The topological polar surface area (TPSA) is 40.2 Å². The predicted molar refractivity (Wildman–Crippen MR) is 105 cm³/mol. The minimum absolute atomic E-state index is 0. The number of hydrogen-bond donors (Lipinski definition) is 2. The molecule has 0 unspecified atom stereocenters. The smallest absolute Gasteiger partial charge is 0.0967 e. The quantitative estimate of drug-likeness (QED) is 0.686. The molecule has 5 heteroatoms. The lowest BCUT2D eigenvalue weighted by atomic mass is 10.0. The van der Waals surface area contributed by atoms with Crippen molar-refractivity contribution in [3.05, 3.63) is 59.1 Å². The van der Waals surface area contributed by atoms with Crippen molar-refractivity contribution in [2.45, 2.75) is 12.8 Å². The lowest BCUT2D eigenvalue weighted by Crippen LogP contribution is -2.18. The minimum atomic E-state index is 0. The average molecular weight is 360 g/mol. The number of rotatable bonds is 4. The van der Waals surface area contributed by atoms with Crippen molar-refractivity contribution in [1.82, 2.24) is 10.3 Å². The van der Waals surface area contributed by atoms with E-state index in [2.05, 4.69) is 45.6 Å². The number of para-hydroxylation sites is 1. The van der Waals surface area contributed by atoms with Crippen LogP contribution in [0, 0.1) is 0 Å². The molecule has 0 spiro atoms. The van der Waals surface area contributed by atoms with E-state index in [1.54, 1.807) is 0 Å². The summed E-state index contributed by atoms with van der Waals surface area (Å²) in [7, 11) is 0. The van der Waals surface area contributed by atoms with Crippen molar-refractivity contribution in [2.24, 2.45) is 4.99 Å². The van der Waals surface area contributed by atoms with Gasteiger partial charge in [-0.1, -0.05) is 48.0 Å². The number of amidine groups is 1. The number of aliphatic imine (C=N–C) groups is 1. The molecule has 2 heterocycles. The Labute approximate surface area is 152 Å². The third kappa shape index (κ3) is 3.14. The van der Waals surface area contributed by atoms with Crippen LogP contribution < -0.4 is 5.32 Å². The van der Waals surface area contributed by atoms with E-state index >= 15 is 0 Å². The van der Waals surface area contributed by atoms with Crippen LogP contribution in [-0.4, -0.2) is 23.9 Å². The molecule has 0 saturated carbocycles. The second-order valence-corrected chi connectivity index (χ2v) is 6.17. The zero-order valence-electron chi connectivity index (χ0n) is 13.2. The number of benzene rings is 2. The van der Waals surface area contributed by atoms with Crippen molar-refractivity contribution in [3.8, 4) is 11.3 Å². The Morgan fingerprint density at radius 3 is 2.58 bits per heavy atom. The second kappa shape index (κ2) is 7.29. The molecule has 3 nitrogen and oxygen atoms in total. The van der Waals surface area contributed by atoms with Crippen molar-refractivity contribution in [2.75, 3.05) is 13.1 Å². The van der Waals surface area contributed by atoms with E-state index < -0.39 is 0 Å². The van der Waals surface area contributed by atoms with E-state index in [-0.39, 0.29) is 12.4 Å². The predicted octanol–water partition coefficient (Wildman–Crippen LogP) is 4.84. The number of nitrogens with zero attached hydrogens (tertiary/aromatic N) is 1.